The molecule has 1 fully saturated rings. The van der Waals surface area contributed by atoms with Gasteiger partial charge in [-0.05, 0) is 52.4 Å². The molecule has 0 saturated heterocycles. The maximum Gasteiger partial charge on any atom is 0.265 e. The molecule has 1 N–H and O–H groups in total. The van der Waals surface area contributed by atoms with E-state index in [0.29, 0.717) is 11.4 Å². The van der Waals surface area contributed by atoms with Crippen LogP contribution in [0.3, 0.4) is 0 Å². The van der Waals surface area contributed by atoms with Gasteiger partial charge in [-0.25, -0.2) is 21.7 Å². The third kappa shape index (κ3) is 3.02. The zero-order valence-corrected chi connectivity index (χ0v) is 15.1. The van der Waals surface area contributed by atoms with Crippen molar-refractivity contribution < 1.29 is 17.2 Å². The second-order valence-electron chi connectivity index (χ2n) is 5.93. The fourth-order valence-corrected chi connectivity index (χ4v) is 4.14. The van der Waals surface area contributed by atoms with E-state index in [4.69, 9.17) is 0 Å². The van der Waals surface area contributed by atoms with Crippen LogP contribution in [0.1, 0.15) is 24.3 Å². The largest absolute Gasteiger partial charge is 0.276 e. The molecule has 130 valence electrons. The van der Waals surface area contributed by atoms with Gasteiger partial charge in [0.15, 0.2) is 0 Å². The highest BCUT2D eigenvalue weighted by atomic mass is 79.9. The molecule has 0 unspecified atom stereocenters. The van der Waals surface area contributed by atoms with Gasteiger partial charge in [0.25, 0.3) is 10.0 Å². The highest BCUT2D eigenvalue weighted by Crippen LogP contribution is 2.40. The monoisotopic (exact) mass is 427 g/mol. The first kappa shape index (κ1) is 16.5. The van der Waals surface area contributed by atoms with Gasteiger partial charge < -0.3 is 0 Å². The maximum atomic E-state index is 13.9. The fourth-order valence-electron chi connectivity index (χ4n) is 2.64. The second-order valence-corrected chi connectivity index (χ2v) is 8.43. The van der Waals surface area contributed by atoms with Crippen molar-refractivity contribution in [2.24, 2.45) is 0 Å². The number of pyridine rings is 1. The Hall–Kier alpha value is -2.00. The Balaban J connectivity index is 1.73. The number of anilines is 1. The zero-order valence-electron chi connectivity index (χ0n) is 12.7. The van der Waals surface area contributed by atoms with Crippen LogP contribution in [0.5, 0.6) is 0 Å². The van der Waals surface area contributed by atoms with E-state index in [1.165, 1.54) is 10.7 Å². The molecule has 4 rings (SSSR count). The first-order valence-corrected chi connectivity index (χ1v) is 9.77. The number of nitrogens with zero attached hydrogens (tertiary/aromatic N) is 2. The summed E-state index contributed by atoms with van der Waals surface area (Å²) in [5.74, 6) is -1.15. The molecule has 0 radical (unpaired) electrons. The summed E-state index contributed by atoms with van der Waals surface area (Å²) >= 11 is 2.85. The van der Waals surface area contributed by atoms with Gasteiger partial charge in [-0.1, -0.05) is 6.07 Å². The van der Waals surface area contributed by atoms with Crippen molar-refractivity contribution in [2.45, 2.75) is 23.7 Å². The Labute approximate surface area is 150 Å². The van der Waals surface area contributed by atoms with Crippen LogP contribution in [0.4, 0.5) is 14.5 Å². The van der Waals surface area contributed by atoms with E-state index in [1.807, 2.05) is 6.07 Å². The van der Waals surface area contributed by atoms with Crippen molar-refractivity contribution in [3.63, 3.8) is 0 Å². The summed E-state index contributed by atoms with van der Waals surface area (Å²) in [5, 5.41) is 4.07. The van der Waals surface area contributed by atoms with Crippen LogP contribution in [0.15, 0.2) is 46.0 Å². The summed E-state index contributed by atoms with van der Waals surface area (Å²) < 4.78 is 56.2. The highest BCUT2D eigenvalue weighted by molar-refractivity contribution is 9.10. The van der Waals surface area contributed by atoms with Crippen LogP contribution < -0.4 is 4.72 Å². The van der Waals surface area contributed by atoms with Gasteiger partial charge in [0.05, 0.1) is 21.9 Å². The number of hydrogen-bond acceptors (Lipinski definition) is 3. The molecule has 1 aromatic carbocycles. The summed E-state index contributed by atoms with van der Waals surface area (Å²) in [4.78, 5) is -0.0995. The Morgan fingerprint density at radius 1 is 1.20 bits per heavy atom. The SMILES string of the molecule is O=S(=O)(Nc1cc(F)c(Br)cc1F)c1cnn2cc(C3CC3)ccc12. The van der Waals surface area contributed by atoms with Crippen LogP contribution in [0, 0.1) is 11.6 Å². The predicted molar refractivity (Wildman–Crippen MR) is 92.0 cm³/mol. The van der Waals surface area contributed by atoms with Gasteiger partial charge in [-0.15, -0.1) is 0 Å². The molecule has 3 aromatic rings. The number of benzene rings is 1. The van der Waals surface area contributed by atoms with E-state index in [2.05, 4.69) is 25.8 Å². The molecular weight excluding hydrogens is 416 g/mol. The Kier molecular flexibility index (Phi) is 3.80. The second kappa shape index (κ2) is 5.77. The van der Waals surface area contributed by atoms with Gasteiger partial charge in [0.2, 0.25) is 0 Å². The van der Waals surface area contributed by atoms with Crippen LogP contribution >= 0.6 is 15.9 Å². The minimum Gasteiger partial charge on any atom is -0.276 e. The lowest BCUT2D eigenvalue weighted by Gasteiger charge is -2.09. The molecule has 0 atom stereocenters. The number of hydrogen-bond donors (Lipinski definition) is 1. The molecule has 0 spiro atoms. The third-order valence-electron chi connectivity index (χ3n) is 4.10. The standard InChI is InChI=1S/C16H12BrF2N3O2S/c17-11-5-13(19)14(6-12(11)18)21-25(23,24)16-7-20-22-8-10(9-1-2-9)3-4-15(16)22/h3-9,21H,1-2H2. The molecule has 0 bridgehead atoms. The Morgan fingerprint density at radius 3 is 2.68 bits per heavy atom. The summed E-state index contributed by atoms with van der Waals surface area (Å²) in [6.07, 6.45) is 5.23. The molecule has 0 amide bonds. The average molecular weight is 428 g/mol. The normalized spacial score (nSPS) is 14.8. The lowest BCUT2D eigenvalue weighted by Crippen LogP contribution is -2.14. The van der Waals surface area contributed by atoms with Crippen molar-refractivity contribution in [3.05, 3.63) is 58.3 Å². The molecule has 9 heteroatoms. The van der Waals surface area contributed by atoms with E-state index in [-0.39, 0.29) is 9.37 Å². The average Bonchev–Trinajstić information content (AvgIpc) is 3.31. The molecule has 5 nitrogen and oxygen atoms in total. The predicted octanol–water partition coefficient (Wildman–Crippen LogP) is 4.05. The molecule has 2 aromatic heterocycles. The van der Waals surface area contributed by atoms with Gasteiger partial charge in [-0.3, -0.25) is 4.72 Å². The number of nitrogens with one attached hydrogen (secondary N) is 1. The number of fused-ring (bicyclic) bond motifs is 1. The molecule has 2 heterocycles. The van der Waals surface area contributed by atoms with Crippen LogP contribution in [-0.2, 0) is 10.0 Å². The van der Waals surface area contributed by atoms with E-state index in [1.54, 1.807) is 12.3 Å². The van der Waals surface area contributed by atoms with Crippen molar-refractivity contribution in [2.75, 3.05) is 4.72 Å². The smallest absolute Gasteiger partial charge is 0.265 e. The molecule has 1 aliphatic rings. The van der Waals surface area contributed by atoms with Crippen molar-refractivity contribution >= 4 is 37.2 Å². The van der Waals surface area contributed by atoms with Crippen molar-refractivity contribution in [1.29, 1.82) is 0 Å². The van der Waals surface area contributed by atoms with Crippen LogP contribution in [-0.4, -0.2) is 18.0 Å². The van der Waals surface area contributed by atoms with Gasteiger partial charge in [0, 0.05) is 12.3 Å². The minimum absolute atomic E-state index is 0.0865. The number of halogens is 3. The van der Waals surface area contributed by atoms with E-state index < -0.39 is 27.3 Å². The third-order valence-corrected chi connectivity index (χ3v) is 6.09. The summed E-state index contributed by atoms with van der Waals surface area (Å²) in [5.41, 5.74) is 1.01. The zero-order chi connectivity index (χ0) is 17.8. The van der Waals surface area contributed by atoms with Gasteiger partial charge in [0.1, 0.15) is 16.5 Å². The molecule has 1 aliphatic carbocycles. The van der Waals surface area contributed by atoms with Gasteiger partial charge in [-0.2, -0.15) is 5.10 Å². The van der Waals surface area contributed by atoms with Crippen molar-refractivity contribution in [1.82, 2.24) is 9.61 Å². The highest BCUT2D eigenvalue weighted by Gasteiger charge is 2.26. The lowest BCUT2D eigenvalue weighted by molar-refractivity contribution is 0.592. The quantitative estimate of drug-likeness (QED) is 0.638. The molecular formula is C16H12BrF2N3O2S. The first-order valence-electron chi connectivity index (χ1n) is 7.50. The van der Waals surface area contributed by atoms with E-state index >= 15 is 0 Å². The number of rotatable bonds is 4. The Morgan fingerprint density at radius 2 is 1.96 bits per heavy atom. The van der Waals surface area contributed by atoms with Gasteiger partial charge >= 0.3 is 0 Å². The van der Waals surface area contributed by atoms with Crippen LogP contribution in [0.2, 0.25) is 0 Å². The first-order chi connectivity index (χ1) is 11.8. The minimum atomic E-state index is -4.12. The molecule has 25 heavy (non-hydrogen) atoms. The van der Waals surface area contributed by atoms with E-state index in [0.717, 1.165) is 30.5 Å². The summed E-state index contributed by atoms with van der Waals surface area (Å²) in [6.45, 7) is 0. The van der Waals surface area contributed by atoms with E-state index in [9.17, 15) is 17.2 Å². The fraction of sp³-hybridized carbons (Fsp3) is 0.188. The topological polar surface area (TPSA) is 63.5 Å². The summed E-state index contributed by atoms with van der Waals surface area (Å²) in [6, 6.07) is 5.19. The Bertz CT molecular complexity index is 1090. The molecule has 1 saturated carbocycles. The molecule has 0 aliphatic heterocycles. The summed E-state index contributed by atoms with van der Waals surface area (Å²) in [7, 11) is -4.12. The maximum absolute atomic E-state index is 13.9. The number of sulfonamides is 1. The number of aromatic nitrogens is 2. The van der Waals surface area contributed by atoms with Crippen molar-refractivity contribution in [3.8, 4) is 0 Å². The van der Waals surface area contributed by atoms with Crippen LogP contribution in [0.25, 0.3) is 5.52 Å². The lowest BCUT2D eigenvalue weighted by atomic mass is 10.2.